The summed E-state index contributed by atoms with van der Waals surface area (Å²) in [5.41, 5.74) is 9.42. The highest BCUT2D eigenvalue weighted by Gasteiger charge is 2.28. The molecule has 1 fully saturated rings. The average molecular weight is 418 g/mol. The van der Waals surface area contributed by atoms with Gasteiger partial charge in [-0.1, -0.05) is 0 Å². The maximum Gasteiger partial charge on any atom is 0.269 e. The SMILES string of the molecule is Nc1nc(N2CCCCC2)nc2nc3c(c(-c4ccc([N+](=O)[O-])cc4)c12)C(=O)CCC3. The molecular formula is C22H22N6O3. The first kappa shape index (κ1) is 19.3. The van der Waals surface area contributed by atoms with Crippen molar-refractivity contribution in [1.29, 1.82) is 0 Å². The number of nitro groups is 1. The lowest BCUT2D eigenvalue weighted by Crippen LogP contribution is -2.31. The van der Waals surface area contributed by atoms with Gasteiger partial charge in [0.05, 0.1) is 16.0 Å². The number of non-ortho nitro benzene ring substituents is 1. The molecular weight excluding hydrogens is 396 g/mol. The van der Waals surface area contributed by atoms with Crippen molar-refractivity contribution >= 4 is 34.3 Å². The molecule has 31 heavy (non-hydrogen) atoms. The molecule has 1 aliphatic heterocycles. The molecule has 0 atom stereocenters. The Bertz CT molecular complexity index is 1200. The summed E-state index contributed by atoms with van der Waals surface area (Å²) >= 11 is 0. The minimum atomic E-state index is -0.447. The molecule has 5 rings (SSSR count). The van der Waals surface area contributed by atoms with Crippen LogP contribution in [0.2, 0.25) is 0 Å². The second-order valence-corrected chi connectivity index (χ2v) is 8.04. The molecule has 0 bridgehead atoms. The Kier molecular flexibility index (Phi) is 4.72. The van der Waals surface area contributed by atoms with E-state index in [0.717, 1.165) is 32.4 Å². The molecule has 0 spiro atoms. The zero-order valence-electron chi connectivity index (χ0n) is 17.0. The maximum absolute atomic E-state index is 12.9. The molecule has 2 N–H and O–H groups in total. The Morgan fingerprint density at radius 2 is 1.68 bits per heavy atom. The Hall–Kier alpha value is -3.62. The van der Waals surface area contributed by atoms with Gasteiger partial charge in [-0.2, -0.15) is 9.97 Å². The van der Waals surface area contributed by atoms with Crippen molar-refractivity contribution in [2.45, 2.75) is 38.5 Å². The number of benzene rings is 1. The monoisotopic (exact) mass is 418 g/mol. The van der Waals surface area contributed by atoms with Gasteiger partial charge in [0, 0.05) is 42.8 Å². The number of nitro benzene ring substituents is 1. The van der Waals surface area contributed by atoms with E-state index in [4.69, 9.17) is 15.7 Å². The van der Waals surface area contributed by atoms with Gasteiger partial charge in [-0.25, -0.2) is 4.98 Å². The minimum Gasteiger partial charge on any atom is -0.383 e. The summed E-state index contributed by atoms with van der Waals surface area (Å²) in [7, 11) is 0. The Balaban J connectivity index is 1.76. The van der Waals surface area contributed by atoms with Crippen LogP contribution in [0.3, 0.4) is 0 Å². The van der Waals surface area contributed by atoms with Gasteiger partial charge in [0.2, 0.25) is 5.95 Å². The molecule has 2 aliphatic rings. The minimum absolute atomic E-state index is 0.00325. The van der Waals surface area contributed by atoms with Crippen LogP contribution in [0.5, 0.6) is 0 Å². The number of Topliss-reactive ketones (excluding diaryl/α,β-unsaturated/α-hetero) is 1. The number of aromatic nitrogens is 3. The van der Waals surface area contributed by atoms with Gasteiger partial charge in [0.25, 0.3) is 5.69 Å². The highest BCUT2D eigenvalue weighted by molar-refractivity contribution is 6.13. The van der Waals surface area contributed by atoms with E-state index >= 15 is 0 Å². The number of carbonyl (C=O) groups excluding carboxylic acids is 1. The third-order valence-corrected chi connectivity index (χ3v) is 6.04. The van der Waals surface area contributed by atoms with E-state index in [1.165, 1.54) is 18.6 Å². The second kappa shape index (κ2) is 7.57. The summed E-state index contributed by atoms with van der Waals surface area (Å²) < 4.78 is 0. The van der Waals surface area contributed by atoms with Crippen molar-refractivity contribution < 1.29 is 9.72 Å². The number of ketones is 1. The lowest BCUT2D eigenvalue weighted by atomic mass is 9.86. The topological polar surface area (TPSA) is 128 Å². The van der Waals surface area contributed by atoms with Gasteiger partial charge < -0.3 is 10.6 Å². The van der Waals surface area contributed by atoms with Crippen LogP contribution in [0.1, 0.15) is 48.2 Å². The van der Waals surface area contributed by atoms with Crippen molar-refractivity contribution in [3.8, 4) is 11.1 Å². The van der Waals surface area contributed by atoms with Gasteiger partial charge in [-0.15, -0.1) is 0 Å². The zero-order valence-corrected chi connectivity index (χ0v) is 17.0. The lowest BCUT2D eigenvalue weighted by molar-refractivity contribution is -0.384. The molecule has 2 aromatic heterocycles. The van der Waals surface area contributed by atoms with E-state index in [2.05, 4.69) is 9.88 Å². The van der Waals surface area contributed by atoms with Crippen molar-refractivity contribution in [3.05, 3.63) is 45.6 Å². The molecule has 0 unspecified atom stereocenters. The zero-order chi connectivity index (χ0) is 21.5. The fraction of sp³-hybridized carbons (Fsp3) is 0.364. The molecule has 0 radical (unpaired) electrons. The molecule has 9 nitrogen and oxygen atoms in total. The first-order chi connectivity index (χ1) is 15.0. The molecule has 3 aromatic rings. The predicted octanol–water partition coefficient (Wildman–Crippen LogP) is 3.69. The number of aryl methyl sites for hydroxylation is 1. The lowest BCUT2D eigenvalue weighted by Gasteiger charge is -2.27. The summed E-state index contributed by atoms with van der Waals surface area (Å²) in [4.78, 5) is 39.7. The smallest absolute Gasteiger partial charge is 0.269 e. The van der Waals surface area contributed by atoms with Crippen LogP contribution >= 0.6 is 0 Å². The third kappa shape index (κ3) is 3.35. The molecule has 158 valence electrons. The fourth-order valence-electron chi connectivity index (χ4n) is 4.52. The summed E-state index contributed by atoms with van der Waals surface area (Å²) in [6.45, 7) is 1.76. The van der Waals surface area contributed by atoms with Gasteiger partial charge in [0.15, 0.2) is 11.4 Å². The van der Waals surface area contributed by atoms with Crippen molar-refractivity contribution in [3.63, 3.8) is 0 Å². The number of pyridine rings is 1. The van der Waals surface area contributed by atoms with Crippen LogP contribution in [0.25, 0.3) is 22.2 Å². The van der Waals surface area contributed by atoms with Crippen molar-refractivity contribution in [2.24, 2.45) is 0 Å². The summed E-state index contributed by atoms with van der Waals surface area (Å²) in [5, 5.41) is 11.6. The van der Waals surface area contributed by atoms with E-state index in [-0.39, 0.29) is 17.3 Å². The van der Waals surface area contributed by atoms with E-state index < -0.39 is 4.92 Å². The molecule has 1 aromatic carbocycles. The van der Waals surface area contributed by atoms with Gasteiger partial charge >= 0.3 is 0 Å². The number of anilines is 2. The Labute approximate surface area is 178 Å². The summed E-state index contributed by atoms with van der Waals surface area (Å²) in [6.07, 6.45) is 5.22. The average Bonchev–Trinajstić information content (AvgIpc) is 2.78. The fourth-order valence-corrected chi connectivity index (χ4v) is 4.52. The quantitative estimate of drug-likeness (QED) is 0.504. The number of carbonyl (C=O) groups is 1. The predicted molar refractivity (Wildman–Crippen MR) is 117 cm³/mol. The van der Waals surface area contributed by atoms with Crippen molar-refractivity contribution in [1.82, 2.24) is 15.0 Å². The highest BCUT2D eigenvalue weighted by atomic mass is 16.6. The molecule has 1 saturated heterocycles. The number of nitrogen functional groups attached to an aromatic ring is 1. The number of piperidine rings is 1. The number of nitrogens with zero attached hydrogens (tertiary/aromatic N) is 5. The van der Waals surface area contributed by atoms with Crippen LogP contribution < -0.4 is 10.6 Å². The van der Waals surface area contributed by atoms with Gasteiger partial charge in [0.1, 0.15) is 5.82 Å². The number of nitrogens with two attached hydrogens (primary N) is 1. The van der Waals surface area contributed by atoms with Gasteiger partial charge in [-0.3, -0.25) is 14.9 Å². The number of hydrogen-bond acceptors (Lipinski definition) is 8. The largest absolute Gasteiger partial charge is 0.383 e. The Morgan fingerprint density at radius 3 is 2.39 bits per heavy atom. The molecule has 9 heteroatoms. The second-order valence-electron chi connectivity index (χ2n) is 8.04. The van der Waals surface area contributed by atoms with Crippen LogP contribution in [0.4, 0.5) is 17.5 Å². The first-order valence-electron chi connectivity index (χ1n) is 10.6. The van der Waals surface area contributed by atoms with Crippen LogP contribution in [-0.2, 0) is 6.42 Å². The molecule has 0 saturated carbocycles. The molecule has 3 heterocycles. The molecule has 0 amide bonds. The Morgan fingerprint density at radius 1 is 0.935 bits per heavy atom. The summed E-state index contributed by atoms with van der Waals surface area (Å²) in [6, 6.07) is 6.15. The number of hydrogen-bond donors (Lipinski definition) is 1. The van der Waals surface area contributed by atoms with Gasteiger partial charge in [-0.05, 0) is 49.8 Å². The van der Waals surface area contributed by atoms with E-state index in [0.29, 0.717) is 52.2 Å². The van der Waals surface area contributed by atoms with Crippen LogP contribution in [-0.4, -0.2) is 38.7 Å². The third-order valence-electron chi connectivity index (χ3n) is 6.04. The molecule has 1 aliphatic carbocycles. The maximum atomic E-state index is 12.9. The standard InChI is InChI=1S/C22H22N6O3/c23-20-19-17(13-7-9-14(10-8-13)28(30)31)18-15(5-4-6-16(18)29)24-21(19)26-22(25-20)27-11-2-1-3-12-27/h7-10H,1-6,11-12H2,(H2,23,24,25,26). The highest BCUT2D eigenvalue weighted by Crippen LogP contribution is 2.39. The normalized spacial score (nSPS) is 16.4. The first-order valence-corrected chi connectivity index (χ1v) is 10.6. The van der Waals surface area contributed by atoms with E-state index in [9.17, 15) is 14.9 Å². The summed E-state index contributed by atoms with van der Waals surface area (Å²) in [5.74, 6) is 0.838. The van der Waals surface area contributed by atoms with Crippen molar-refractivity contribution in [2.75, 3.05) is 23.7 Å². The number of rotatable bonds is 3. The van der Waals surface area contributed by atoms with Crippen LogP contribution in [0.15, 0.2) is 24.3 Å². The van der Waals surface area contributed by atoms with Crippen LogP contribution in [0, 0.1) is 10.1 Å². The number of fused-ring (bicyclic) bond motifs is 2. The van der Waals surface area contributed by atoms with E-state index in [1.54, 1.807) is 12.1 Å². The van der Waals surface area contributed by atoms with E-state index in [1.807, 2.05) is 0 Å².